The topological polar surface area (TPSA) is 45.2 Å². The average molecular weight is 388 g/mol. The van der Waals surface area contributed by atoms with E-state index in [1.165, 1.54) is 11.1 Å². The maximum Gasteiger partial charge on any atom is 0.252 e. The molecule has 4 nitrogen and oxygen atoms in total. The number of nitrogens with one attached hydrogen (secondary N) is 1. The lowest BCUT2D eigenvalue weighted by atomic mass is 9.94. The standard InChI is InChI=1S/C19H22BrN3O/c1-19(2,13-22-18(24)16-9-17(20)11-21-10-16)23-8-7-14-5-3-4-6-15(14)12-23/h3-6,9-11H,7-8,12-13H2,1-2H3,(H,22,24). The summed E-state index contributed by atoms with van der Waals surface area (Å²) < 4.78 is 0.807. The maximum atomic E-state index is 12.3. The highest BCUT2D eigenvalue weighted by Crippen LogP contribution is 2.25. The third kappa shape index (κ3) is 3.84. The highest BCUT2D eigenvalue weighted by molar-refractivity contribution is 9.10. The van der Waals surface area contributed by atoms with E-state index in [-0.39, 0.29) is 11.4 Å². The Morgan fingerprint density at radius 1 is 1.29 bits per heavy atom. The highest BCUT2D eigenvalue weighted by atomic mass is 79.9. The first-order valence-corrected chi connectivity index (χ1v) is 8.95. The Morgan fingerprint density at radius 3 is 2.79 bits per heavy atom. The van der Waals surface area contributed by atoms with E-state index in [2.05, 4.69) is 69.2 Å². The van der Waals surface area contributed by atoms with E-state index >= 15 is 0 Å². The van der Waals surface area contributed by atoms with E-state index in [1.807, 2.05) is 0 Å². The molecule has 126 valence electrons. The Morgan fingerprint density at radius 2 is 2.04 bits per heavy atom. The van der Waals surface area contributed by atoms with Crippen LogP contribution in [0, 0.1) is 0 Å². The van der Waals surface area contributed by atoms with Crippen molar-refractivity contribution >= 4 is 21.8 Å². The van der Waals surface area contributed by atoms with E-state index in [9.17, 15) is 4.79 Å². The lowest BCUT2D eigenvalue weighted by molar-refractivity contribution is 0.0826. The van der Waals surface area contributed by atoms with Crippen LogP contribution in [0.5, 0.6) is 0 Å². The van der Waals surface area contributed by atoms with Gasteiger partial charge in [-0.1, -0.05) is 24.3 Å². The highest BCUT2D eigenvalue weighted by Gasteiger charge is 2.30. The van der Waals surface area contributed by atoms with Crippen molar-refractivity contribution in [3.63, 3.8) is 0 Å². The zero-order chi connectivity index (χ0) is 17.2. The molecule has 0 aliphatic carbocycles. The lowest BCUT2D eigenvalue weighted by Gasteiger charge is -2.41. The molecule has 1 aliphatic rings. The number of rotatable bonds is 4. The van der Waals surface area contributed by atoms with Gasteiger partial charge in [-0.15, -0.1) is 0 Å². The summed E-state index contributed by atoms with van der Waals surface area (Å²) in [6.45, 7) is 6.90. The molecule has 0 saturated carbocycles. The first-order chi connectivity index (χ1) is 11.5. The van der Waals surface area contributed by atoms with Gasteiger partial charge in [0, 0.05) is 42.0 Å². The molecule has 0 fully saturated rings. The van der Waals surface area contributed by atoms with Gasteiger partial charge in [-0.25, -0.2) is 0 Å². The number of halogens is 1. The van der Waals surface area contributed by atoms with Crippen LogP contribution in [0.3, 0.4) is 0 Å². The second-order valence-electron chi connectivity index (χ2n) is 6.83. The molecule has 1 aromatic carbocycles. The number of carbonyl (C=O) groups excluding carboxylic acids is 1. The number of benzene rings is 1. The quantitative estimate of drug-likeness (QED) is 0.873. The molecular weight excluding hydrogens is 366 g/mol. The van der Waals surface area contributed by atoms with Crippen molar-refractivity contribution in [2.75, 3.05) is 13.1 Å². The Balaban J connectivity index is 1.63. The molecule has 1 aromatic heterocycles. The summed E-state index contributed by atoms with van der Waals surface area (Å²) >= 11 is 3.35. The van der Waals surface area contributed by atoms with E-state index in [0.717, 1.165) is 24.0 Å². The molecule has 3 rings (SSSR count). The van der Waals surface area contributed by atoms with Gasteiger partial charge in [0.15, 0.2) is 0 Å². The monoisotopic (exact) mass is 387 g/mol. The van der Waals surface area contributed by atoms with E-state index in [0.29, 0.717) is 12.1 Å². The normalized spacial score (nSPS) is 15.0. The van der Waals surface area contributed by atoms with Gasteiger partial charge in [-0.2, -0.15) is 0 Å². The van der Waals surface area contributed by atoms with Gasteiger partial charge >= 0.3 is 0 Å². The van der Waals surface area contributed by atoms with Crippen molar-refractivity contribution in [3.05, 3.63) is 63.9 Å². The summed E-state index contributed by atoms with van der Waals surface area (Å²) in [6.07, 6.45) is 4.32. The van der Waals surface area contributed by atoms with Crippen molar-refractivity contribution in [3.8, 4) is 0 Å². The van der Waals surface area contributed by atoms with E-state index in [1.54, 1.807) is 18.5 Å². The van der Waals surface area contributed by atoms with Gasteiger partial charge in [-0.3, -0.25) is 14.7 Å². The fourth-order valence-electron chi connectivity index (χ4n) is 3.06. The van der Waals surface area contributed by atoms with Crippen LogP contribution in [-0.2, 0) is 13.0 Å². The molecule has 2 heterocycles. The molecule has 1 N–H and O–H groups in total. The first-order valence-electron chi connectivity index (χ1n) is 8.16. The number of carbonyl (C=O) groups is 1. The van der Waals surface area contributed by atoms with Crippen molar-refractivity contribution < 1.29 is 4.79 Å². The predicted octanol–water partition coefficient (Wildman–Crippen LogP) is 3.41. The molecule has 0 saturated heterocycles. The number of amides is 1. The van der Waals surface area contributed by atoms with Crippen molar-refractivity contribution in [1.29, 1.82) is 0 Å². The minimum absolute atomic E-state index is 0.0886. The van der Waals surface area contributed by atoms with Gasteiger partial charge in [0.05, 0.1) is 5.56 Å². The third-order valence-electron chi connectivity index (χ3n) is 4.64. The molecule has 0 radical (unpaired) electrons. The average Bonchev–Trinajstić information content (AvgIpc) is 2.59. The number of fused-ring (bicyclic) bond motifs is 1. The second-order valence-corrected chi connectivity index (χ2v) is 7.74. The van der Waals surface area contributed by atoms with Crippen LogP contribution in [0.25, 0.3) is 0 Å². The molecule has 0 atom stereocenters. The second kappa shape index (κ2) is 7.03. The number of pyridine rings is 1. The molecule has 2 aromatic rings. The van der Waals surface area contributed by atoms with Crippen molar-refractivity contribution in [1.82, 2.24) is 15.2 Å². The lowest BCUT2D eigenvalue weighted by Crippen LogP contribution is -2.53. The fraction of sp³-hybridized carbons (Fsp3) is 0.368. The molecule has 24 heavy (non-hydrogen) atoms. The Kier molecular flexibility index (Phi) is 5.01. The number of aromatic nitrogens is 1. The largest absolute Gasteiger partial charge is 0.350 e. The van der Waals surface area contributed by atoms with Gasteiger partial charge in [0.2, 0.25) is 0 Å². The molecule has 1 amide bonds. The molecule has 0 unspecified atom stereocenters. The Labute approximate surface area is 151 Å². The van der Waals surface area contributed by atoms with Gasteiger partial charge in [0.25, 0.3) is 5.91 Å². The number of nitrogens with zero attached hydrogens (tertiary/aromatic N) is 2. The smallest absolute Gasteiger partial charge is 0.252 e. The minimum Gasteiger partial charge on any atom is -0.350 e. The number of hydrogen-bond acceptors (Lipinski definition) is 3. The van der Waals surface area contributed by atoms with Gasteiger partial charge in [0.1, 0.15) is 0 Å². The summed E-state index contributed by atoms with van der Waals surface area (Å²) in [5.41, 5.74) is 3.29. The Hall–Kier alpha value is -1.72. The molecule has 0 spiro atoms. The van der Waals surface area contributed by atoms with Crippen LogP contribution in [0.2, 0.25) is 0 Å². The first kappa shape index (κ1) is 17.1. The van der Waals surface area contributed by atoms with E-state index < -0.39 is 0 Å². The van der Waals surface area contributed by atoms with E-state index in [4.69, 9.17) is 0 Å². The minimum atomic E-state index is -0.108. The fourth-order valence-corrected chi connectivity index (χ4v) is 3.42. The van der Waals surface area contributed by atoms with Gasteiger partial charge in [-0.05, 0) is 53.4 Å². The SMILES string of the molecule is CC(C)(CNC(=O)c1cncc(Br)c1)N1CCc2ccccc2C1. The van der Waals surface area contributed by atoms with Crippen molar-refractivity contribution in [2.24, 2.45) is 0 Å². The van der Waals surface area contributed by atoms with Crippen LogP contribution in [0.1, 0.15) is 35.3 Å². The van der Waals surface area contributed by atoms with Crippen LogP contribution >= 0.6 is 15.9 Å². The van der Waals surface area contributed by atoms with Crippen LogP contribution in [0.4, 0.5) is 0 Å². The van der Waals surface area contributed by atoms with Crippen LogP contribution < -0.4 is 5.32 Å². The van der Waals surface area contributed by atoms with Gasteiger partial charge < -0.3 is 5.32 Å². The molecule has 0 bridgehead atoms. The summed E-state index contributed by atoms with van der Waals surface area (Å²) in [7, 11) is 0. The van der Waals surface area contributed by atoms with Crippen molar-refractivity contribution in [2.45, 2.75) is 32.4 Å². The summed E-state index contributed by atoms with van der Waals surface area (Å²) in [6, 6.07) is 10.4. The molecule has 1 aliphatic heterocycles. The summed E-state index contributed by atoms with van der Waals surface area (Å²) in [5, 5.41) is 3.05. The summed E-state index contributed by atoms with van der Waals surface area (Å²) in [5.74, 6) is -0.0886. The zero-order valence-electron chi connectivity index (χ0n) is 14.1. The molecular formula is C19H22BrN3O. The molecule has 5 heteroatoms. The maximum absolute atomic E-state index is 12.3. The predicted molar refractivity (Wildman–Crippen MR) is 98.9 cm³/mol. The summed E-state index contributed by atoms with van der Waals surface area (Å²) in [4.78, 5) is 18.8. The zero-order valence-corrected chi connectivity index (χ0v) is 15.6. The van der Waals surface area contributed by atoms with Crippen LogP contribution in [0.15, 0.2) is 47.2 Å². The van der Waals surface area contributed by atoms with Crippen LogP contribution in [-0.4, -0.2) is 34.4 Å². The number of hydrogen-bond donors (Lipinski definition) is 1. The third-order valence-corrected chi connectivity index (χ3v) is 5.07. The Bertz CT molecular complexity index is 745.